The van der Waals surface area contributed by atoms with Crippen LogP contribution in [0.4, 0.5) is 25.6 Å². The minimum atomic E-state index is -0.633. The maximum Gasteiger partial charge on any atom is 0.410 e. The van der Waals surface area contributed by atoms with Gasteiger partial charge in [0.2, 0.25) is 5.91 Å². The van der Waals surface area contributed by atoms with Crippen LogP contribution in [-0.2, 0) is 32.2 Å². The second-order valence-corrected chi connectivity index (χ2v) is 25.3. The zero-order valence-corrected chi connectivity index (χ0v) is 49.4. The Morgan fingerprint density at radius 1 is 0.849 bits per heavy atom. The van der Waals surface area contributed by atoms with E-state index in [9.17, 15) is 19.2 Å². The van der Waals surface area contributed by atoms with Crippen molar-refractivity contribution in [3.8, 4) is 22.9 Å². The van der Waals surface area contributed by atoms with Crippen LogP contribution in [0.15, 0.2) is 67.1 Å². The van der Waals surface area contributed by atoms with Gasteiger partial charge in [-0.2, -0.15) is 15.1 Å². The molecule has 7 aliphatic rings. The summed E-state index contributed by atoms with van der Waals surface area (Å²) in [5, 5.41) is 8.85. The van der Waals surface area contributed by atoms with E-state index in [2.05, 4.69) is 33.1 Å². The van der Waals surface area contributed by atoms with Crippen LogP contribution in [0.1, 0.15) is 130 Å². The van der Waals surface area contributed by atoms with Crippen molar-refractivity contribution in [2.75, 3.05) is 68.9 Å². The van der Waals surface area contributed by atoms with Crippen LogP contribution >= 0.6 is 0 Å². The number of urea groups is 1. The zero-order chi connectivity index (χ0) is 59.1. The van der Waals surface area contributed by atoms with Crippen LogP contribution in [0.5, 0.6) is 11.8 Å². The smallest absolute Gasteiger partial charge is 0.410 e. The number of nitrogens with one attached hydrogen (secondary N) is 1. The lowest BCUT2D eigenvalue weighted by atomic mass is 9.88. The lowest BCUT2D eigenvalue weighted by Crippen LogP contribution is -2.53. The van der Waals surface area contributed by atoms with Crippen LogP contribution in [-0.4, -0.2) is 157 Å². The summed E-state index contributed by atoms with van der Waals surface area (Å²) in [6, 6.07) is 15.0. The van der Waals surface area contributed by atoms with Gasteiger partial charge in [-0.1, -0.05) is 12.1 Å². The predicted octanol–water partition coefficient (Wildman–Crippen LogP) is 9.45. The normalized spacial score (nSPS) is 22.4. The Morgan fingerprint density at radius 3 is 2.41 bits per heavy atom. The van der Waals surface area contributed by atoms with Crippen LogP contribution in [0.2, 0.25) is 0 Å². The highest BCUT2D eigenvalue weighted by atomic mass is 19.1. The van der Waals surface area contributed by atoms with Gasteiger partial charge in [-0.15, -0.1) is 0 Å². The molecule has 7 fully saturated rings. The third-order valence-corrected chi connectivity index (χ3v) is 18.2. The summed E-state index contributed by atoms with van der Waals surface area (Å²) < 4.78 is 52.5. The molecule has 0 spiro atoms. The van der Waals surface area contributed by atoms with Crippen molar-refractivity contribution in [3.05, 3.63) is 101 Å². The Hall–Kier alpha value is -7.95. The molecule has 4 aromatic heterocycles. The molecule has 4 atom stereocenters. The number of piperazine rings is 2. The van der Waals surface area contributed by atoms with Crippen molar-refractivity contribution < 1.29 is 47.3 Å². The van der Waals surface area contributed by atoms with Crippen molar-refractivity contribution in [3.63, 3.8) is 0 Å². The molecule has 3 aromatic carbocycles. The molecule has 6 aliphatic heterocycles. The van der Waals surface area contributed by atoms with Crippen molar-refractivity contribution in [2.45, 2.75) is 148 Å². The number of rotatable bonds is 13. The number of pyridine rings is 1. The number of imidazole rings is 1. The maximum absolute atomic E-state index is 16.9. The SMILES string of the molecule is Cc1c(F)cc2c(cnn2C2CCCCO2)c1-c1c(C2CC2)cc2c(N3C[C@@H]4C[C@H]3CN4C(=O)OC(C)(C)C)nc(OC3CCOCC3)nc2c1OCc1ccc(C(=O)N2CCN(Cc3ccn4c(N5CCC(=O)NC5=O)cnc4c3)C[C@@H]2C)cc1. The monoisotopic (exact) mass is 1170 g/mol. The fraction of sp³-hybridized carbons (Fsp3) is 0.500. The highest BCUT2D eigenvalue weighted by molar-refractivity contribution is 6.07. The van der Waals surface area contributed by atoms with Crippen LogP contribution in [0.25, 0.3) is 38.6 Å². The lowest BCUT2D eigenvalue weighted by Gasteiger charge is -2.40. The maximum atomic E-state index is 16.9. The number of amides is 5. The van der Waals surface area contributed by atoms with Gasteiger partial charge >= 0.3 is 18.1 Å². The molecule has 1 aliphatic carbocycles. The van der Waals surface area contributed by atoms with Gasteiger partial charge in [0.1, 0.15) is 46.9 Å². The molecule has 6 saturated heterocycles. The molecule has 7 aromatic rings. The fourth-order valence-electron chi connectivity index (χ4n) is 13.6. The Kier molecular flexibility index (Phi) is 14.6. The number of imide groups is 1. The second-order valence-electron chi connectivity index (χ2n) is 25.3. The summed E-state index contributed by atoms with van der Waals surface area (Å²) in [5.41, 5.74) is 6.61. The fourth-order valence-corrected chi connectivity index (χ4v) is 13.6. The molecular weight excluding hydrogens is 1100 g/mol. The lowest BCUT2D eigenvalue weighted by molar-refractivity contribution is -0.120. The Balaban J connectivity index is 0.777. The molecule has 14 rings (SSSR count). The molecule has 5 amide bonds. The average Bonchev–Trinajstić information content (AvgIpc) is 1.42. The second kappa shape index (κ2) is 22.4. The first-order valence-electron chi connectivity index (χ1n) is 30.6. The van der Waals surface area contributed by atoms with Crippen LogP contribution < -0.4 is 24.6 Å². The van der Waals surface area contributed by atoms with Crippen molar-refractivity contribution in [1.29, 1.82) is 0 Å². The third kappa shape index (κ3) is 10.7. The molecule has 450 valence electrons. The van der Waals surface area contributed by atoms with E-state index in [1.807, 2.05) is 95.4 Å². The Labute approximate surface area is 497 Å². The van der Waals surface area contributed by atoms with E-state index < -0.39 is 11.6 Å². The number of halogens is 1. The van der Waals surface area contributed by atoms with Gasteiger partial charge in [0.05, 0.1) is 43.2 Å². The van der Waals surface area contributed by atoms with Crippen molar-refractivity contribution >= 4 is 63.0 Å². The van der Waals surface area contributed by atoms with Crippen LogP contribution in [0, 0.1) is 12.7 Å². The van der Waals surface area contributed by atoms with E-state index in [4.69, 9.17) is 38.8 Å². The number of likely N-dealkylation sites (tertiary alicyclic amines) is 1. The first-order valence-corrected chi connectivity index (χ1v) is 30.6. The van der Waals surface area contributed by atoms with E-state index in [0.717, 1.165) is 71.6 Å². The standard InChI is InChI=1S/C64H73FN12O9/c1-37-32-71(33-40-15-19-73-51(26-40)66-31-53(73)74-20-16-52(78)68-62(74)80)21-22-72(37)60(79)42-11-9-39(10-12-42)36-84-58-56(55-38(2)49(65)29-50-48(55)30-67-77(50)54-8-6-7-23-83-54)46(41-13-14-41)28-47-57(58)69-61(85-45-17-24-82-25-18-45)70-59(47)75-34-44-27-43(75)35-76(44)63(81)86-64(3,4)5/h9-12,15,19,26,28-31,37,41,43-45,54H,6-8,13-14,16-18,20-25,27,32-36H2,1-5H3,(H,68,78,80)/t37-,43-,44-,54?/m0/s1. The van der Waals surface area contributed by atoms with Gasteiger partial charge < -0.3 is 38.4 Å². The molecule has 0 radical (unpaired) electrons. The highest BCUT2D eigenvalue weighted by Gasteiger charge is 2.48. The minimum Gasteiger partial charge on any atom is -0.486 e. The Bertz CT molecular complexity index is 3810. The molecule has 10 heterocycles. The number of ether oxygens (including phenoxy) is 5. The highest BCUT2D eigenvalue weighted by Crippen LogP contribution is 2.54. The van der Waals surface area contributed by atoms with Gasteiger partial charge in [-0.25, -0.2) is 23.6 Å². The number of carbonyl (C=O) groups excluding carboxylic acids is 4. The van der Waals surface area contributed by atoms with E-state index in [0.29, 0.717) is 123 Å². The zero-order valence-electron chi connectivity index (χ0n) is 49.4. The third-order valence-electron chi connectivity index (χ3n) is 18.2. The average molecular weight is 1170 g/mol. The summed E-state index contributed by atoms with van der Waals surface area (Å²) in [5.74, 6) is 1.22. The van der Waals surface area contributed by atoms with Crippen molar-refractivity contribution in [1.82, 2.24) is 49.1 Å². The van der Waals surface area contributed by atoms with E-state index in [-0.39, 0.29) is 85.7 Å². The summed E-state index contributed by atoms with van der Waals surface area (Å²) in [4.78, 5) is 77.4. The number of hydrogen-bond acceptors (Lipinski definition) is 15. The largest absolute Gasteiger partial charge is 0.486 e. The number of anilines is 2. The van der Waals surface area contributed by atoms with Crippen molar-refractivity contribution in [2.24, 2.45) is 0 Å². The molecule has 1 saturated carbocycles. The van der Waals surface area contributed by atoms with E-state index in [1.54, 1.807) is 12.3 Å². The summed E-state index contributed by atoms with van der Waals surface area (Å²) in [6.45, 7) is 15.2. The number of hydrogen-bond donors (Lipinski definition) is 1. The molecular formula is C64H73FN12O9. The number of nitrogens with zero attached hydrogens (tertiary/aromatic N) is 11. The molecule has 21 nitrogen and oxygen atoms in total. The van der Waals surface area contributed by atoms with E-state index >= 15 is 4.39 Å². The van der Waals surface area contributed by atoms with Crippen LogP contribution in [0.3, 0.4) is 0 Å². The molecule has 1 N–H and O–H groups in total. The summed E-state index contributed by atoms with van der Waals surface area (Å²) in [6.07, 6.45) is 11.5. The molecule has 86 heavy (non-hydrogen) atoms. The Morgan fingerprint density at radius 2 is 1.67 bits per heavy atom. The first-order chi connectivity index (χ1) is 41.6. The topological polar surface area (TPSA) is 204 Å². The molecule has 2 bridgehead atoms. The van der Waals surface area contributed by atoms with E-state index in [1.165, 1.54) is 4.90 Å². The minimum absolute atomic E-state index is 0.0475. The summed E-state index contributed by atoms with van der Waals surface area (Å²) >= 11 is 0. The van der Waals surface area contributed by atoms with Gasteiger partial charge in [0.15, 0.2) is 12.0 Å². The van der Waals surface area contributed by atoms with Gasteiger partial charge in [-0.05, 0) is 132 Å². The number of fused-ring (bicyclic) bond motifs is 5. The van der Waals surface area contributed by atoms with Gasteiger partial charge in [-0.3, -0.25) is 29.1 Å². The molecule has 22 heteroatoms. The number of aromatic nitrogens is 6. The number of carbonyl (C=O) groups is 4. The first kappa shape index (κ1) is 55.9. The predicted molar refractivity (Wildman–Crippen MR) is 318 cm³/mol. The quantitative estimate of drug-likeness (QED) is 0.114. The number of benzene rings is 3. The van der Waals surface area contributed by atoms with Gasteiger partial charge in [0, 0.05) is 117 Å². The van der Waals surface area contributed by atoms with Gasteiger partial charge in [0.25, 0.3) is 5.91 Å². The molecule has 1 unspecified atom stereocenters. The summed E-state index contributed by atoms with van der Waals surface area (Å²) in [7, 11) is 0.